The Morgan fingerprint density at radius 2 is 1.76 bits per heavy atom. The molecule has 1 aromatic heterocycles. The van der Waals surface area contributed by atoms with Crippen LogP contribution in [0.3, 0.4) is 0 Å². The second-order valence-electron chi connectivity index (χ2n) is 6.41. The first kappa shape index (κ1) is 19.2. The van der Waals surface area contributed by atoms with Crippen LogP contribution in [0, 0.1) is 0 Å². The molecule has 0 aliphatic rings. The fourth-order valence-corrected chi connectivity index (χ4v) is 4.04. The molecule has 4 rings (SSSR count). The number of anilines is 1. The molecule has 4 aromatic rings. The highest BCUT2D eigenvalue weighted by molar-refractivity contribution is 7.92. The van der Waals surface area contributed by atoms with Crippen LogP contribution in [0.2, 0.25) is 5.02 Å². The maximum Gasteiger partial charge on any atom is 0.261 e. The molecule has 0 aliphatic heterocycles. The van der Waals surface area contributed by atoms with E-state index < -0.39 is 10.0 Å². The van der Waals surface area contributed by atoms with Crippen LogP contribution in [0.25, 0.3) is 10.9 Å². The van der Waals surface area contributed by atoms with E-state index in [1.807, 2.05) is 36.4 Å². The van der Waals surface area contributed by atoms with Gasteiger partial charge in [-0.15, -0.1) is 0 Å². The molecule has 1 heterocycles. The molecule has 146 valence electrons. The number of fused-ring (bicyclic) bond motifs is 1. The minimum Gasteiger partial charge on any atom is -0.489 e. The largest absolute Gasteiger partial charge is 0.489 e. The van der Waals surface area contributed by atoms with Crippen molar-refractivity contribution in [2.24, 2.45) is 0 Å². The van der Waals surface area contributed by atoms with Crippen LogP contribution in [0.5, 0.6) is 5.75 Å². The summed E-state index contributed by atoms with van der Waals surface area (Å²) in [6.07, 6.45) is 1.75. The van der Waals surface area contributed by atoms with E-state index in [4.69, 9.17) is 16.3 Å². The van der Waals surface area contributed by atoms with Gasteiger partial charge < -0.3 is 4.74 Å². The lowest BCUT2D eigenvalue weighted by molar-refractivity contribution is 0.306. The lowest BCUT2D eigenvalue weighted by atomic mass is 10.2. The van der Waals surface area contributed by atoms with Gasteiger partial charge in [0.2, 0.25) is 0 Å². The molecule has 0 bridgehead atoms. The van der Waals surface area contributed by atoms with E-state index in [2.05, 4.69) is 9.71 Å². The lowest BCUT2D eigenvalue weighted by Gasteiger charge is -2.11. The Kier molecular flexibility index (Phi) is 5.38. The highest BCUT2D eigenvalue weighted by atomic mass is 35.5. The molecule has 0 saturated carbocycles. The van der Waals surface area contributed by atoms with Crippen LogP contribution in [0.1, 0.15) is 5.56 Å². The number of aromatic nitrogens is 1. The summed E-state index contributed by atoms with van der Waals surface area (Å²) in [5, 5.41) is 1.47. The number of rotatable bonds is 6. The zero-order valence-electron chi connectivity index (χ0n) is 15.2. The van der Waals surface area contributed by atoms with E-state index in [1.165, 1.54) is 12.1 Å². The van der Waals surface area contributed by atoms with Gasteiger partial charge in [0, 0.05) is 22.3 Å². The molecule has 0 aliphatic carbocycles. The number of hydrogen-bond acceptors (Lipinski definition) is 4. The van der Waals surface area contributed by atoms with Gasteiger partial charge >= 0.3 is 0 Å². The van der Waals surface area contributed by atoms with Crippen LogP contribution < -0.4 is 9.46 Å². The molecule has 1 N–H and O–H groups in total. The molecule has 0 spiro atoms. The van der Waals surface area contributed by atoms with Crippen molar-refractivity contribution >= 4 is 38.2 Å². The molecule has 5 nitrogen and oxygen atoms in total. The van der Waals surface area contributed by atoms with Crippen LogP contribution >= 0.6 is 11.6 Å². The molecule has 0 atom stereocenters. The number of pyridine rings is 1. The van der Waals surface area contributed by atoms with Gasteiger partial charge in [-0.05, 0) is 66.2 Å². The predicted molar refractivity (Wildman–Crippen MR) is 115 cm³/mol. The third-order valence-corrected chi connectivity index (χ3v) is 5.93. The SMILES string of the molecule is O=S(=O)(Nc1cccc(COc2ccc3ncccc3c2)c1)c1ccc(Cl)cc1. The van der Waals surface area contributed by atoms with Gasteiger partial charge in [-0.25, -0.2) is 8.42 Å². The highest BCUT2D eigenvalue weighted by Crippen LogP contribution is 2.22. The monoisotopic (exact) mass is 424 g/mol. The molecule has 0 unspecified atom stereocenters. The molecular formula is C22H17ClN2O3S. The summed E-state index contributed by atoms with van der Waals surface area (Å²) in [4.78, 5) is 4.43. The predicted octanol–water partition coefficient (Wildman–Crippen LogP) is 5.27. The lowest BCUT2D eigenvalue weighted by Crippen LogP contribution is -2.13. The standard InChI is InChI=1S/C22H17ClN2O3S/c23-18-6-9-21(10-7-18)29(26,27)25-19-5-1-3-16(13-19)15-28-20-8-11-22-17(14-20)4-2-12-24-22/h1-14,25H,15H2. The Morgan fingerprint density at radius 1 is 0.931 bits per heavy atom. The normalized spacial score (nSPS) is 11.3. The van der Waals surface area contributed by atoms with E-state index in [0.717, 1.165) is 22.2 Å². The van der Waals surface area contributed by atoms with Gasteiger partial charge in [-0.1, -0.05) is 29.8 Å². The van der Waals surface area contributed by atoms with Crippen LogP contribution in [0.4, 0.5) is 5.69 Å². The van der Waals surface area contributed by atoms with Gasteiger partial charge in [0.15, 0.2) is 0 Å². The molecule has 0 amide bonds. The van der Waals surface area contributed by atoms with Crippen molar-refractivity contribution in [2.75, 3.05) is 4.72 Å². The number of nitrogens with one attached hydrogen (secondary N) is 1. The summed E-state index contributed by atoms with van der Waals surface area (Å²) in [6, 6.07) is 22.7. The summed E-state index contributed by atoms with van der Waals surface area (Å²) in [5.74, 6) is 0.720. The Labute approximate surface area is 174 Å². The second kappa shape index (κ2) is 8.11. The van der Waals surface area contributed by atoms with Crippen molar-refractivity contribution in [3.05, 3.63) is 95.6 Å². The third kappa shape index (κ3) is 4.67. The van der Waals surface area contributed by atoms with Gasteiger partial charge in [0.25, 0.3) is 10.0 Å². The van der Waals surface area contributed by atoms with E-state index in [0.29, 0.717) is 17.3 Å². The number of ether oxygens (including phenoxy) is 1. The fourth-order valence-electron chi connectivity index (χ4n) is 2.86. The van der Waals surface area contributed by atoms with Crippen LogP contribution in [0.15, 0.2) is 90.0 Å². The minimum atomic E-state index is -3.69. The average Bonchev–Trinajstić information content (AvgIpc) is 2.72. The first-order valence-electron chi connectivity index (χ1n) is 8.84. The van der Waals surface area contributed by atoms with Crippen molar-refractivity contribution < 1.29 is 13.2 Å². The van der Waals surface area contributed by atoms with E-state index in [1.54, 1.807) is 36.5 Å². The van der Waals surface area contributed by atoms with Gasteiger partial charge in [0.05, 0.1) is 10.4 Å². The maximum atomic E-state index is 12.5. The minimum absolute atomic E-state index is 0.147. The zero-order chi connectivity index (χ0) is 20.3. The van der Waals surface area contributed by atoms with E-state index in [-0.39, 0.29) is 4.90 Å². The van der Waals surface area contributed by atoms with Crippen molar-refractivity contribution in [2.45, 2.75) is 11.5 Å². The van der Waals surface area contributed by atoms with Gasteiger partial charge in [0.1, 0.15) is 12.4 Å². The Morgan fingerprint density at radius 3 is 2.59 bits per heavy atom. The molecule has 29 heavy (non-hydrogen) atoms. The number of hydrogen-bond donors (Lipinski definition) is 1. The van der Waals surface area contributed by atoms with Crippen LogP contribution in [-0.2, 0) is 16.6 Å². The second-order valence-corrected chi connectivity index (χ2v) is 8.53. The highest BCUT2D eigenvalue weighted by Gasteiger charge is 2.14. The Balaban J connectivity index is 1.47. The Hall–Kier alpha value is -3.09. The number of sulfonamides is 1. The first-order valence-corrected chi connectivity index (χ1v) is 10.7. The van der Waals surface area contributed by atoms with Gasteiger partial charge in [-0.2, -0.15) is 0 Å². The summed E-state index contributed by atoms with van der Waals surface area (Å²) in [6.45, 7) is 0.308. The molecular weight excluding hydrogens is 408 g/mol. The number of benzene rings is 3. The van der Waals surface area contributed by atoms with Crippen molar-refractivity contribution in [1.29, 1.82) is 0 Å². The zero-order valence-corrected chi connectivity index (χ0v) is 16.8. The van der Waals surface area contributed by atoms with Crippen molar-refractivity contribution in [3.63, 3.8) is 0 Å². The summed E-state index contributed by atoms with van der Waals surface area (Å²) in [7, 11) is -3.69. The smallest absolute Gasteiger partial charge is 0.261 e. The molecule has 0 radical (unpaired) electrons. The van der Waals surface area contributed by atoms with Gasteiger partial charge in [-0.3, -0.25) is 9.71 Å². The molecule has 0 fully saturated rings. The number of halogens is 1. The average molecular weight is 425 g/mol. The Bertz CT molecular complexity index is 1260. The fraction of sp³-hybridized carbons (Fsp3) is 0.0455. The molecule has 0 saturated heterocycles. The van der Waals surface area contributed by atoms with Crippen LogP contribution in [-0.4, -0.2) is 13.4 Å². The topological polar surface area (TPSA) is 68.3 Å². The first-order chi connectivity index (χ1) is 14.0. The quantitative estimate of drug-likeness (QED) is 0.458. The summed E-state index contributed by atoms with van der Waals surface area (Å²) < 4.78 is 33.5. The molecule has 3 aromatic carbocycles. The third-order valence-electron chi connectivity index (χ3n) is 4.28. The number of nitrogens with zero attached hydrogens (tertiary/aromatic N) is 1. The summed E-state index contributed by atoms with van der Waals surface area (Å²) >= 11 is 5.83. The van der Waals surface area contributed by atoms with Crippen molar-refractivity contribution in [1.82, 2.24) is 4.98 Å². The molecule has 7 heteroatoms. The van der Waals surface area contributed by atoms with E-state index >= 15 is 0 Å². The van der Waals surface area contributed by atoms with Crippen molar-refractivity contribution in [3.8, 4) is 5.75 Å². The van der Waals surface area contributed by atoms with E-state index in [9.17, 15) is 8.42 Å². The summed E-state index contributed by atoms with van der Waals surface area (Å²) in [5.41, 5.74) is 2.20. The maximum absolute atomic E-state index is 12.5.